The molecule has 0 spiro atoms. The van der Waals surface area contributed by atoms with Gasteiger partial charge < -0.3 is 14.0 Å². The zero-order valence-electron chi connectivity index (χ0n) is 18.7. The van der Waals surface area contributed by atoms with E-state index in [-0.39, 0.29) is 0 Å². The number of hydrogen-bond donors (Lipinski definition) is 1. The number of nitrogens with zero attached hydrogens (tertiary/aromatic N) is 5. The fourth-order valence-corrected chi connectivity index (χ4v) is 3.61. The second-order valence-electron chi connectivity index (χ2n) is 7.57. The van der Waals surface area contributed by atoms with Gasteiger partial charge in [0, 0.05) is 12.4 Å². The fourth-order valence-electron chi connectivity index (χ4n) is 3.61. The van der Waals surface area contributed by atoms with Gasteiger partial charge in [-0.05, 0) is 36.2 Å². The molecule has 2 aromatic heterocycles. The Hall–Kier alpha value is -3.68. The number of aryl methyl sites for hydroxylation is 1. The van der Waals surface area contributed by atoms with Crippen LogP contribution in [0.3, 0.4) is 0 Å². The van der Waals surface area contributed by atoms with Crippen LogP contribution in [0.1, 0.15) is 38.2 Å². The van der Waals surface area contributed by atoms with E-state index in [9.17, 15) is 0 Å². The molecule has 4 aromatic rings. The van der Waals surface area contributed by atoms with Gasteiger partial charge in [0.25, 0.3) is 5.95 Å². The third-order valence-electron chi connectivity index (χ3n) is 5.33. The van der Waals surface area contributed by atoms with Gasteiger partial charge in [0.1, 0.15) is 5.52 Å². The van der Waals surface area contributed by atoms with E-state index in [0.29, 0.717) is 18.3 Å². The van der Waals surface area contributed by atoms with Gasteiger partial charge in [-0.1, -0.05) is 44.4 Å². The Kier molecular flexibility index (Phi) is 6.79. The number of rotatable bonds is 10. The third-order valence-corrected chi connectivity index (χ3v) is 5.33. The van der Waals surface area contributed by atoms with Crippen LogP contribution in [-0.2, 0) is 7.05 Å². The number of ether oxygens (including phenoxy) is 2. The number of hydrazone groups is 1. The van der Waals surface area contributed by atoms with Gasteiger partial charge >= 0.3 is 0 Å². The molecule has 0 unspecified atom stereocenters. The Morgan fingerprint density at radius 2 is 1.94 bits per heavy atom. The summed E-state index contributed by atoms with van der Waals surface area (Å²) in [6.45, 7) is 2.88. The van der Waals surface area contributed by atoms with Gasteiger partial charge in [0.2, 0.25) is 0 Å². The molecule has 2 aromatic carbocycles. The van der Waals surface area contributed by atoms with Crippen molar-refractivity contribution in [2.45, 2.75) is 32.6 Å². The molecule has 8 nitrogen and oxygen atoms in total. The number of hydrogen-bond acceptors (Lipinski definition) is 7. The molecule has 8 heteroatoms. The first-order valence-electron chi connectivity index (χ1n) is 10.9. The zero-order chi connectivity index (χ0) is 22.3. The lowest BCUT2D eigenvalue weighted by Crippen LogP contribution is -2.01. The van der Waals surface area contributed by atoms with Crippen molar-refractivity contribution in [1.29, 1.82) is 0 Å². The molecule has 0 saturated heterocycles. The highest BCUT2D eigenvalue weighted by Crippen LogP contribution is 2.28. The quantitative estimate of drug-likeness (QED) is 0.217. The molecule has 0 amide bonds. The van der Waals surface area contributed by atoms with Crippen molar-refractivity contribution in [3.63, 3.8) is 0 Å². The van der Waals surface area contributed by atoms with Gasteiger partial charge in [-0.3, -0.25) is 0 Å². The largest absolute Gasteiger partial charge is 0.493 e. The second-order valence-corrected chi connectivity index (χ2v) is 7.57. The molecule has 166 valence electrons. The molecule has 0 saturated carbocycles. The summed E-state index contributed by atoms with van der Waals surface area (Å²) in [6, 6.07) is 13.8. The monoisotopic (exact) mass is 432 g/mol. The maximum atomic E-state index is 5.86. The summed E-state index contributed by atoms with van der Waals surface area (Å²) in [5.74, 6) is 1.75. The minimum Gasteiger partial charge on any atom is -0.493 e. The Labute approximate surface area is 187 Å². The van der Waals surface area contributed by atoms with Crippen molar-refractivity contribution < 1.29 is 9.47 Å². The smallest absolute Gasteiger partial charge is 0.265 e. The topological polar surface area (TPSA) is 86.5 Å². The van der Waals surface area contributed by atoms with E-state index in [4.69, 9.17) is 9.47 Å². The van der Waals surface area contributed by atoms with Gasteiger partial charge in [-0.25, -0.2) is 5.43 Å². The number of fused-ring (bicyclic) bond motifs is 3. The van der Waals surface area contributed by atoms with Crippen LogP contribution in [0.4, 0.5) is 5.95 Å². The first-order valence-corrected chi connectivity index (χ1v) is 10.9. The lowest BCUT2D eigenvalue weighted by molar-refractivity contribution is 0.285. The van der Waals surface area contributed by atoms with E-state index in [2.05, 4.69) is 32.6 Å². The van der Waals surface area contributed by atoms with Gasteiger partial charge in [0.15, 0.2) is 17.1 Å². The lowest BCUT2D eigenvalue weighted by Gasteiger charge is -2.11. The maximum Gasteiger partial charge on any atom is 0.265 e. The predicted molar refractivity (Wildman–Crippen MR) is 128 cm³/mol. The summed E-state index contributed by atoms with van der Waals surface area (Å²) < 4.78 is 13.3. The number of unbranched alkanes of at least 4 members (excludes halogenated alkanes) is 3. The molecule has 0 atom stereocenters. The molecule has 0 aliphatic rings. The minimum absolute atomic E-state index is 0.332. The van der Waals surface area contributed by atoms with Gasteiger partial charge in [0.05, 0.1) is 25.4 Å². The summed E-state index contributed by atoms with van der Waals surface area (Å²) >= 11 is 0. The minimum atomic E-state index is 0.332. The summed E-state index contributed by atoms with van der Waals surface area (Å²) in [5.41, 5.74) is 6.31. The summed E-state index contributed by atoms with van der Waals surface area (Å²) in [5, 5.41) is 13.8. The first kappa shape index (κ1) is 21.5. The van der Waals surface area contributed by atoms with Crippen LogP contribution in [0.5, 0.6) is 11.5 Å². The molecule has 4 rings (SSSR count). The van der Waals surface area contributed by atoms with E-state index in [1.54, 1.807) is 13.3 Å². The van der Waals surface area contributed by atoms with E-state index < -0.39 is 0 Å². The Morgan fingerprint density at radius 3 is 2.78 bits per heavy atom. The number of para-hydroxylation sites is 1. The highest BCUT2D eigenvalue weighted by molar-refractivity contribution is 6.04. The number of methoxy groups -OCH3 is 1. The van der Waals surface area contributed by atoms with Crippen LogP contribution in [0.2, 0.25) is 0 Å². The first-order chi connectivity index (χ1) is 15.7. The van der Waals surface area contributed by atoms with Crippen LogP contribution in [0, 0.1) is 0 Å². The predicted octanol–water partition coefficient (Wildman–Crippen LogP) is 4.93. The maximum absolute atomic E-state index is 5.86. The van der Waals surface area contributed by atoms with Crippen molar-refractivity contribution in [2.75, 3.05) is 19.1 Å². The molecule has 0 bridgehead atoms. The van der Waals surface area contributed by atoms with Crippen molar-refractivity contribution in [2.24, 2.45) is 12.1 Å². The standard InChI is InChI=1S/C24H28N6O2/c1-4-5-6-9-14-32-20-13-12-17(15-21(20)31-3)16-25-28-24-26-23-22(27-29-24)18-10-7-8-11-19(18)30(23)2/h7-8,10-13,15-16H,4-6,9,14H2,1-3H3,(H,26,28,29)/b25-16+. The van der Waals surface area contributed by atoms with E-state index >= 15 is 0 Å². The number of nitrogens with one attached hydrogen (secondary N) is 1. The number of benzene rings is 2. The molecule has 2 heterocycles. The van der Waals surface area contributed by atoms with Crippen molar-refractivity contribution >= 4 is 34.2 Å². The van der Waals surface area contributed by atoms with E-state index in [0.717, 1.165) is 39.8 Å². The summed E-state index contributed by atoms with van der Waals surface area (Å²) in [6.07, 6.45) is 6.34. The average Bonchev–Trinajstić information content (AvgIpc) is 3.11. The SMILES string of the molecule is CCCCCCOc1ccc(/C=N/Nc2nnc3c4ccccc4n(C)c3n2)cc1OC. The Bertz CT molecular complexity index is 1230. The highest BCUT2D eigenvalue weighted by atomic mass is 16.5. The molecule has 32 heavy (non-hydrogen) atoms. The van der Waals surface area contributed by atoms with Gasteiger partial charge in [-0.15, -0.1) is 10.2 Å². The van der Waals surface area contributed by atoms with E-state index in [1.807, 2.05) is 54.1 Å². The van der Waals surface area contributed by atoms with E-state index in [1.165, 1.54) is 19.3 Å². The van der Waals surface area contributed by atoms with Crippen LogP contribution in [0.15, 0.2) is 47.6 Å². The van der Waals surface area contributed by atoms with Crippen LogP contribution in [-0.4, -0.2) is 39.7 Å². The van der Waals surface area contributed by atoms with Crippen LogP contribution < -0.4 is 14.9 Å². The fraction of sp³-hybridized carbons (Fsp3) is 0.333. The molecule has 0 fully saturated rings. The molecule has 1 N–H and O–H groups in total. The molecule has 0 aliphatic carbocycles. The lowest BCUT2D eigenvalue weighted by atomic mass is 10.2. The molecular formula is C24H28N6O2. The molecular weight excluding hydrogens is 404 g/mol. The van der Waals surface area contributed by atoms with Gasteiger partial charge in [-0.2, -0.15) is 10.1 Å². The number of anilines is 1. The number of aromatic nitrogens is 4. The Morgan fingerprint density at radius 1 is 1.06 bits per heavy atom. The summed E-state index contributed by atoms with van der Waals surface area (Å²) in [4.78, 5) is 4.57. The molecule has 0 radical (unpaired) electrons. The zero-order valence-corrected chi connectivity index (χ0v) is 18.7. The van der Waals surface area contributed by atoms with Crippen LogP contribution >= 0.6 is 0 Å². The third kappa shape index (κ3) is 4.64. The normalized spacial score (nSPS) is 11.5. The Balaban J connectivity index is 1.43. The second kappa shape index (κ2) is 10.1. The summed E-state index contributed by atoms with van der Waals surface area (Å²) in [7, 11) is 3.60. The van der Waals surface area contributed by atoms with Crippen molar-refractivity contribution in [3.8, 4) is 11.5 Å². The highest BCUT2D eigenvalue weighted by Gasteiger charge is 2.11. The average molecular weight is 433 g/mol. The van der Waals surface area contributed by atoms with Crippen LogP contribution in [0.25, 0.3) is 22.1 Å². The molecule has 0 aliphatic heterocycles. The van der Waals surface area contributed by atoms with Crippen molar-refractivity contribution in [1.82, 2.24) is 19.7 Å². The van der Waals surface area contributed by atoms with Crippen molar-refractivity contribution in [3.05, 3.63) is 48.0 Å².